The van der Waals surface area contributed by atoms with Crippen molar-refractivity contribution < 1.29 is 9.59 Å². The minimum absolute atomic E-state index is 0.146. The van der Waals surface area contributed by atoms with Gasteiger partial charge in [-0.05, 0) is 41.8 Å². The Morgan fingerprint density at radius 3 is 2.31 bits per heavy atom. The van der Waals surface area contributed by atoms with Crippen LogP contribution in [-0.2, 0) is 28.3 Å². The maximum atomic E-state index is 13.6. The molecule has 0 bridgehead atoms. The van der Waals surface area contributed by atoms with Crippen LogP contribution < -0.4 is 5.32 Å². The Labute approximate surface area is 225 Å². The van der Waals surface area contributed by atoms with E-state index in [9.17, 15) is 9.59 Å². The van der Waals surface area contributed by atoms with E-state index >= 15 is 0 Å². The molecule has 0 radical (unpaired) electrons. The zero-order valence-corrected chi connectivity index (χ0v) is 22.4. The molecule has 0 aliphatic carbocycles. The molecule has 0 aromatic heterocycles. The quantitative estimate of drug-likeness (QED) is 0.291. The fraction of sp³-hybridized carbons (Fsp3) is 0.259. The number of amides is 2. The van der Waals surface area contributed by atoms with Crippen LogP contribution in [-0.4, -0.2) is 35.1 Å². The fourth-order valence-electron chi connectivity index (χ4n) is 3.63. The Morgan fingerprint density at radius 1 is 0.914 bits per heavy atom. The summed E-state index contributed by atoms with van der Waals surface area (Å²) in [5, 5.41) is 4.58. The first kappa shape index (κ1) is 27.4. The minimum Gasteiger partial charge on any atom is -0.355 e. The lowest BCUT2D eigenvalue weighted by molar-refractivity contribution is -0.139. The van der Waals surface area contributed by atoms with Crippen molar-refractivity contribution >= 4 is 58.4 Å². The largest absolute Gasteiger partial charge is 0.355 e. The monoisotopic (exact) mass is 548 g/mol. The molecule has 35 heavy (non-hydrogen) atoms. The maximum absolute atomic E-state index is 13.6. The molecule has 0 aliphatic heterocycles. The Balaban J connectivity index is 1.84. The third-order valence-corrected chi connectivity index (χ3v) is 7.34. The summed E-state index contributed by atoms with van der Waals surface area (Å²) in [6.07, 6.45) is 0.399. The van der Waals surface area contributed by atoms with Gasteiger partial charge in [-0.2, -0.15) is 0 Å². The molecule has 0 unspecified atom stereocenters. The first-order chi connectivity index (χ1) is 16.9. The molecule has 0 saturated heterocycles. The summed E-state index contributed by atoms with van der Waals surface area (Å²) in [5.74, 6) is 0.398. The van der Waals surface area contributed by atoms with Crippen molar-refractivity contribution in [2.24, 2.45) is 0 Å². The molecule has 0 heterocycles. The van der Waals surface area contributed by atoms with Crippen molar-refractivity contribution in [2.45, 2.75) is 31.7 Å². The maximum Gasteiger partial charge on any atom is 0.243 e. The van der Waals surface area contributed by atoms with Crippen LogP contribution in [0.15, 0.2) is 72.8 Å². The molecule has 4 nitrogen and oxygen atoms in total. The molecule has 0 fully saturated rings. The zero-order chi connectivity index (χ0) is 25.2. The lowest BCUT2D eigenvalue weighted by Crippen LogP contribution is -2.51. The second-order valence-electron chi connectivity index (χ2n) is 7.94. The van der Waals surface area contributed by atoms with Crippen LogP contribution in [0.3, 0.4) is 0 Å². The summed E-state index contributed by atoms with van der Waals surface area (Å²) in [4.78, 5) is 28.4. The molecule has 8 heteroatoms. The Kier molecular flexibility index (Phi) is 10.8. The number of hydrogen-bond acceptors (Lipinski definition) is 3. The van der Waals surface area contributed by atoms with Crippen LogP contribution in [0.1, 0.15) is 23.6 Å². The molecular formula is C27H27Cl3N2O2S. The molecule has 0 spiro atoms. The van der Waals surface area contributed by atoms with Gasteiger partial charge in [0.05, 0.1) is 5.75 Å². The highest BCUT2D eigenvalue weighted by molar-refractivity contribution is 7.99. The summed E-state index contributed by atoms with van der Waals surface area (Å²) in [6, 6.07) is 21.7. The van der Waals surface area contributed by atoms with E-state index in [1.807, 2.05) is 61.5 Å². The number of carbonyl (C=O) groups is 2. The van der Waals surface area contributed by atoms with Crippen LogP contribution in [0.25, 0.3) is 0 Å². The van der Waals surface area contributed by atoms with Crippen LogP contribution in [0.5, 0.6) is 0 Å². The first-order valence-electron chi connectivity index (χ1n) is 11.2. The zero-order valence-electron chi connectivity index (χ0n) is 19.3. The molecule has 3 aromatic rings. The number of nitrogens with zero attached hydrogens (tertiary/aromatic N) is 1. The Bertz CT molecular complexity index is 1140. The Morgan fingerprint density at radius 2 is 1.63 bits per heavy atom. The van der Waals surface area contributed by atoms with Crippen LogP contribution >= 0.6 is 46.6 Å². The number of likely N-dealkylation sites (N-methyl/N-ethyl adjacent to an activating group) is 1. The summed E-state index contributed by atoms with van der Waals surface area (Å²) in [6.45, 7) is 2.57. The average Bonchev–Trinajstić information content (AvgIpc) is 2.84. The number of benzene rings is 3. The van der Waals surface area contributed by atoms with Gasteiger partial charge in [-0.15, -0.1) is 11.8 Å². The molecule has 3 aromatic carbocycles. The van der Waals surface area contributed by atoms with Gasteiger partial charge in [-0.25, -0.2) is 0 Å². The number of carbonyl (C=O) groups excluding carboxylic acids is 2. The Hall–Kier alpha value is -2.18. The second kappa shape index (κ2) is 13.8. The standard InChI is InChI=1S/C27H27Cl3N2O2S/c1-2-31-27(34)25(14-19-8-4-3-5-9-19)32(16-20-10-6-7-11-23(20)29)26(33)18-35-17-21-12-13-22(28)15-24(21)30/h3-13,15,25H,2,14,16-18H2,1H3,(H,31,34)/t25-/m1/s1. The third-order valence-electron chi connectivity index (χ3n) is 5.42. The molecule has 184 valence electrons. The van der Waals surface area contributed by atoms with Crippen LogP contribution in [0.4, 0.5) is 0 Å². The SMILES string of the molecule is CCNC(=O)[C@@H](Cc1ccccc1)N(Cc1ccccc1Cl)C(=O)CSCc1ccc(Cl)cc1Cl. The van der Waals surface area contributed by atoms with Gasteiger partial charge in [0.1, 0.15) is 6.04 Å². The van der Waals surface area contributed by atoms with E-state index in [0.29, 0.717) is 33.8 Å². The van der Waals surface area contributed by atoms with E-state index in [2.05, 4.69) is 5.32 Å². The van der Waals surface area contributed by atoms with E-state index < -0.39 is 6.04 Å². The van der Waals surface area contributed by atoms with Crippen molar-refractivity contribution in [2.75, 3.05) is 12.3 Å². The highest BCUT2D eigenvalue weighted by atomic mass is 35.5. The number of nitrogens with one attached hydrogen (secondary N) is 1. The molecule has 0 aliphatic rings. The normalized spacial score (nSPS) is 11.7. The van der Waals surface area contributed by atoms with E-state index in [4.69, 9.17) is 34.8 Å². The number of hydrogen-bond donors (Lipinski definition) is 1. The van der Waals surface area contributed by atoms with Crippen LogP contribution in [0.2, 0.25) is 15.1 Å². The summed E-state index contributed by atoms with van der Waals surface area (Å²) in [5.41, 5.74) is 2.66. The summed E-state index contributed by atoms with van der Waals surface area (Å²) >= 11 is 20.1. The molecule has 3 rings (SSSR count). The van der Waals surface area contributed by atoms with Gasteiger partial charge in [0, 0.05) is 40.3 Å². The van der Waals surface area contributed by atoms with Gasteiger partial charge >= 0.3 is 0 Å². The average molecular weight is 550 g/mol. The molecule has 1 N–H and O–H groups in total. The van der Waals surface area contributed by atoms with E-state index in [1.165, 1.54) is 11.8 Å². The number of halogens is 3. The van der Waals surface area contributed by atoms with Gasteiger partial charge in [0.2, 0.25) is 11.8 Å². The first-order valence-corrected chi connectivity index (χ1v) is 13.5. The lowest BCUT2D eigenvalue weighted by Gasteiger charge is -2.31. The second-order valence-corrected chi connectivity index (χ2v) is 10.2. The number of thioether (sulfide) groups is 1. The predicted octanol–water partition coefficient (Wildman–Crippen LogP) is 6.66. The predicted molar refractivity (Wildman–Crippen MR) is 147 cm³/mol. The minimum atomic E-state index is -0.680. The van der Waals surface area contributed by atoms with E-state index in [-0.39, 0.29) is 24.1 Å². The van der Waals surface area contributed by atoms with Gasteiger partial charge in [0.15, 0.2) is 0 Å². The van der Waals surface area contributed by atoms with Crippen molar-refractivity contribution in [3.63, 3.8) is 0 Å². The van der Waals surface area contributed by atoms with Gasteiger partial charge in [0.25, 0.3) is 0 Å². The topological polar surface area (TPSA) is 49.4 Å². The highest BCUT2D eigenvalue weighted by Gasteiger charge is 2.30. The molecule has 1 atom stereocenters. The molecule has 2 amide bonds. The van der Waals surface area contributed by atoms with E-state index in [0.717, 1.165) is 16.7 Å². The molecule has 0 saturated carbocycles. The van der Waals surface area contributed by atoms with Crippen molar-refractivity contribution in [3.8, 4) is 0 Å². The number of rotatable bonds is 11. The third kappa shape index (κ3) is 8.18. The van der Waals surface area contributed by atoms with Gasteiger partial charge in [-0.3, -0.25) is 9.59 Å². The highest BCUT2D eigenvalue weighted by Crippen LogP contribution is 2.26. The van der Waals surface area contributed by atoms with Crippen molar-refractivity contribution in [3.05, 3.63) is 105 Å². The molecular weight excluding hydrogens is 523 g/mol. The van der Waals surface area contributed by atoms with Gasteiger partial charge < -0.3 is 10.2 Å². The van der Waals surface area contributed by atoms with Crippen molar-refractivity contribution in [1.29, 1.82) is 0 Å². The fourth-order valence-corrected chi connectivity index (χ4v) is 5.29. The smallest absolute Gasteiger partial charge is 0.243 e. The van der Waals surface area contributed by atoms with Crippen molar-refractivity contribution in [1.82, 2.24) is 10.2 Å². The summed E-state index contributed by atoms with van der Waals surface area (Å²) < 4.78 is 0. The lowest BCUT2D eigenvalue weighted by atomic mass is 10.0. The van der Waals surface area contributed by atoms with Gasteiger partial charge in [-0.1, -0.05) is 89.4 Å². The summed E-state index contributed by atoms with van der Waals surface area (Å²) in [7, 11) is 0. The van der Waals surface area contributed by atoms with Crippen LogP contribution in [0, 0.1) is 0 Å². The van der Waals surface area contributed by atoms with E-state index in [1.54, 1.807) is 23.1 Å².